The topological polar surface area (TPSA) is 76.7 Å². The molecule has 0 aliphatic heterocycles. The highest BCUT2D eigenvalue weighted by Crippen LogP contribution is 2.22. The first-order valence-electron chi connectivity index (χ1n) is 6.59. The second-order valence-electron chi connectivity index (χ2n) is 4.90. The maximum atomic E-state index is 12.7. The van der Waals surface area contributed by atoms with E-state index in [0.717, 1.165) is 16.3 Å². The van der Waals surface area contributed by atoms with E-state index in [4.69, 9.17) is 5.73 Å². The Morgan fingerprint density at radius 2 is 2.00 bits per heavy atom. The number of benzene rings is 2. The second kappa shape index (κ2) is 4.21. The molecule has 0 amide bonds. The maximum Gasteiger partial charge on any atom is 0.278 e. The molecular weight excluding hydrogens is 264 g/mol. The molecule has 0 aliphatic rings. The predicted molar refractivity (Wildman–Crippen MR) is 82.2 cm³/mol. The highest BCUT2D eigenvalue weighted by atomic mass is 16.2. The second-order valence-corrected chi connectivity index (χ2v) is 4.90. The summed E-state index contributed by atoms with van der Waals surface area (Å²) in [6, 6.07) is 14.9. The fraction of sp³-hybridized carbons (Fsp3) is 0. The summed E-state index contributed by atoms with van der Waals surface area (Å²) in [7, 11) is 0. The van der Waals surface area contributed by atoms with E-state index in [2.05, 4.69) is 10.1 Å². The van der Waals surface area contributed by atoms with E-state index in [1.807, 2.05) is 48.7 Å². The van der Waals surface area contributed by atoms with Crippen LogP contribution >= 0.6 is 0 Å². The molecule has 5 heteroatoms. The number of nitrogen functional groups attached to an aromatic ring is 1. The molecule has 2 aromatic heterocycles. The molecule has 0 saturated heterocycles. The van der Waals surface area contributed by atoms with Crippen molar-refractivity contribution in [2.24, 2.45) is 0 Å². The van der Waals surface area contributed by atoms with Gasteiger partial charge in [0.25, 0.3) is 5.91 Å². The zero-order valence-corrected chi connectivity index (χ0v) is 11.1. The lowest BCUT2D eigenvalue weighted by molar-refractivity contribution is 0.0951. The van der Waals surface area contributed by atoms with E-state index in [-0.39, 0.29) is 5.91 Å². The Morgan fingerprint density at radius 1 is 1.14 bits per heavy atom. The maximum absolute atomic E-state index is 12.7. The number of fused-ring (bicyclic) bond motifs is 2. The van der Waals surface area contributed by atoms with Crippen LogP contribution < -0.4 is 5.73 Å². The molecule has 4 rings (SSSR count). The summed E-state index contributed by atoms with van der Waals surface area (Å²) >= 11 is 0. The Kier molecular flexibility index (Phi) is 2.35. The average Bonchev–Trinajstić information content (AvgIpc) is 3.11. The van der Waals surface area contributed by atoms with Gasteiger partial charge in [0, 0.05) is 22.7 Å². The molecule has 0 spiro atoms. The molecule has 0 aliphatic carbocycles. The van der Waals surface area contributed by atoms with Gasteiger partial charge in [0.1, 0.15) is 0 Å². The van der Waals surface area contributed by atoms with Gasteiger partial charge in [-0.05, 0) is 35.7 Å². The molecule has 4 aromatic rings. The van der Waals surface area contributed by atoms with Crippen molar-refractivity contribution in [1.82, 2.24) is 14.8 Å². The highest BCUT2D eigenvalue weighted by molar-refractivity contribution is 6.04. The first kappa shape index (κ1) is 11.7. The summed E-state index contributed by atoms with van der Waals surface area (Å²) in [6.45, 7) is 0. The molecule has 0 atom stereocenters. The van der Waals surface area contributed by atoms with Gasteiger partial charge in [-0.15, -0.1) is 5.10 Å². The largest absolute Gasteiger partial charge is 0.382 e. The number of anilines is 1. The number of nitrogens with one attached hydrogen (secondary N) is 1. The average molecular weight is 276 g/mol. The molecule has 0 radical (unpaired) electrons. The standard InChI is InChI=1S/C16H12N4O/c17-15-12-3-1-2-4-14(12)20(19-15)16(21)11-6-5-10-7-8-18-13(10)9-11/h1-9,18H,(H2,17,19). The van der Waals surface area contributed by atoms with E-state index in [1.54, 1.807) is 6.07 Å². The molecule has 0 bridgehead atoms. The predicted octanol–water partition coefficient (Wildman–Crippen LogP) is 2.79. The van der Waals surface area contributed by atoms with Gasteiger partial charge in [-0.2, -0.15) is 4.68 Å². The van der Waals surface area contributed by atoms with Crippen LogP contribution in [0.3, 0.4) is 0 Å². The van der Waals surface area contributed by atoms with Crippen molar-refractivity contribution in [3.63, 3.8) is 0 Å². The van der Waals surface area contributed by atoms with Gasteiger partial charge in [0.05, 0.1) is 5.52 Å². The van der Waals surface area contributed by atoms with Crippen LogP contribution in [0.4, 0.5) is 5.82 Å². The molecule has 21 heavy (non-hydrogen) atoms. The minimum Gasteiger partial charge on any atom is -0.382 e. The van der Waals surface area contributed by atoms with Gasteiger partial charge in [0.2, 0.25) is 0 Å². The minimum atomic E-state index is -0.195. The van der Waals surface area contributed by atoms with Crippen LogP contribution in [0.1, 0.15) is 10.4 Å². The fourth-order valence-corrected chi connectivity index (χ4v) is 2.55. The molecule has 3 N–H and O–H groups in total. The van der Waals surface area contributed by atoms with Crippen LogP contribution in [-0.2, 0) is 0 Å². The summed E-state index contributed by atoms with van der Waals surface area (Å²) in [5.41, 5.74) is 8.08. The SMILES string of the molecule is Nc1nn(C(=O)c2ccc3cc[nH]c3c2)c2ccccc12. The molecule has 5 nitrogen and oxygen atoms in total. The third-order valence-corrected chi connectivity index (χ3v) is 3.61. The quantitative estimate of drug-likeness (QED) is 0.561. The van der Waals surface area contributed by atoms with Crippen LogP contribution in [0.15, 0.2) is 54.7 Å². The first-order valence-corrected chi connectivity index (χ1v) is 6.59. The number of aromatic amines is 1. The van der Waals surface area contributed by atoms with Crippen molar-refractivity contribution in [3.8, 4) is 0 Å². The van der Waals surface area contributed by atoms with Crippen molar-refractivity contribution < 1.29 is 4.79 Å². The molecule has 0 saturated carbocycles. The Hall–Kier alpha value is -3.08. The lowest BCUT2D eigenvalue weighted by Gasteiger charge is -2.02. The number of carbonyl (C=O) groups excluding carboxylic acids is 1. The van der Waals surface area contributed by atoms with Gasteiger partial charge in [-0.25, -0.2) is 0 Å². The van der Waals surface area contributed by atoms with Gasteiger partial charge >= 0.3 is 0 Å². The lowest BCUT2D eigenvalue weighted by Crippen LogP contribution is -2.13. The number of H-pyrrole nitrogens is 1. The number of rotatable bonds is 1. The monoisotopic (exact) mass is 276 g/mol. The number of hydrogen-bond acceptors (Lipinski definition) is 3. The van der Waals surface area contributed by atoms with Crippen molar-refractivity contribution in [2.75, 3.05) is 5.73 Å². The van der Waals surface area contributed by atoms with E-state index < -0.39 is 0 Å². The Bertz CT molecular complexity index is 980. The number of carbonyl (C=O) groups is 1. The third-order valence-electron chi connectivity index (χ3n) is 3.61. The molecule has 2 heterocycles. The number of para-hydroxylation sites is 1. The summed E-state index contributed by atoms with van der Waals surface area (Å²) < 4.78 is 1.36. The summed E-state index contributed by atoms with van der Waals surface area (Å²) in [5.74, 6) is 0.166. The Labute approximate surface area is 120 Å². The normalized spacial score (nSPS) is 11.2. The van der Waals surface area contributed by atoms with Crippen LogP contribution in [0.25, 0.3) is 21.8 Å². The third kappa shape index (κ3) is 1.71. The summed E-state index contributed by atoms with van der Waals surface area (Å²) in [4.78, 5) is 15.8. The molecular formula is C16H12N4O. The van der Waals surface area contributed by atoms with Crippen molar-refractivity contribution in [2.45, 2.75) is 0 Å². The Morgan fingerprint density at radius 3 is 2.90 bits per heavy atom. The van der Waals surface area contributed by atoms with Gasteiger partial charge < -0.3 is 10.7 Å². The van der Waals surface area contributed by atoms with E-state index in [0.29, 0.717) is 16.9 Å². The van der Waals surface area contributed by atoms with Crippen molar-refractivity contribution in [1.29, 1.82) is 0 Å². The fourth-order valence-electron chi connectivity index (χ4n) is 2.55. The van der Waals surface area contributed by atoms with Crippen molar-refractivity contribution >= 4 is 33.5 Å². The number of aromatic nitrogens is 3. The van der Waals surface area contributed by atoms with Gasteiger partial charge in [-0.1, -0.05) is 18.2 Å². The van der Waals surface area contributed by atoms with E-state index >= 15 is 0 Å². The van der Waals surface area contributed by atoms with Crippen LogP contribution in [0, 0.1) is 0 Å². The number of nitrogens with two attached hydrogens (primary N) is 1. The van der Waals surface area contributed by atoms with Gasteiger partial charge in [-0.3, -0.25) is 4.79 Å². The minimum absolute atomic E-state index is 0.195. The lowest BCUT2D eigenvalue weighted by atomic mass is 10.1. The highest BCUT2D eigenvalue weighted by Gasteiger charge is 2.15. The summed E-state index contributed by atoms with van der Waals surface area (Å²) in [6.07, 6.45) is 1.85. The van der Waals surface area contributed by atoms with E-state index in [9.17, 15) is 4.79 Å². The summed E-state index contributed by atoms with van der Waals surface area (Å²) in [5, 5.41) is 6.02. The molecule has 0 fully saturated rings. The van der Waals surface area contributed by atoms with Crippen molar-refractivity contribution in [3.05, 3.63) is 60.3 Å². The zero-order valence-electron chi connectivity index (χ0n) is 11.1. The Balaban J connectivity index is 1.89. The van der Waals surface area contributed by atoms with Crippen LogP contribution in [-0.4, -0.2) is 20.7 Å². The zero-order chi connectivity index (χ0) is 14.4. The van der Waals surface area contributed by atoms with Crippen LogP contribution in [0.2, 0.25) is 0 Å². The molecule has 0 unspecified atom stereocenters. The smallest absolute Gasteiger partial charge is 0.278 e. The number of nitrogens with zero attached hydrogens (tertiary/aromatic N) is 2. The van der Waals surface area contributed by atoms with E-state index in [1.165, 1.54) is 4.68 Å². The first-order chi connectivity index (χ1) is 10.2. The van der Waals surface area contributed by atoms with Gasteiger partial charge in [0.15, 0.2) is 5.82 Å². The molecule has 2 aromatic carbocycles. The van der Waals surface area contributed by atoms with Crippen LogP contribution in [0.5, 0.6) is 0 Å². The number of hydrogen-bond donors (Lipinski definition) is 2. The molecule has 102 valence electrons.